The van der Waals surface area contributed by atoms with Crippen LogP contribution in [0.15, 0.2) is 74.1 Å². The molecule has 1 atom stereocenters. The lowest BCUT2D eigenvalue weighted by Crippen LogP contribution is -2.60. The van der Waals surface area contributed by atoms with Gasteiger partial charge in [-0.05, 0) is 61.1 Å². The maximum atomic E-state index is 14.0. The molecule has 182 valence electrons. The number of carbonyl (C=O) groups excluding carboxylic acids is 2. The number of hydrogen-bond acceptors (Lipinski definition) is 5. The number of imidazole rings is 1. The van der Waals surface area contributed by atoms with Crippen LogP contribution >= 0.6 is 0 Å². The van der Waals surface area contributed by atoms with Crippen molar-refractivity contribution in [3.05, 3.63) is 90.8 Å². The number of aromatic nitrogens is 3. The summed E-state index contributed by atoms with van der Waals surface area (Å²) in [5.74, 6) is 0.306. The minimum absolute atomic E-state index is 0.205. The van der Waals surface area contributed by atoms with E-state index in [1.165, 1.54) is 0 Å². The van der Waals surface area contributed by atoms with E-state index in [1.54, 1.807) is 55.1 Å². The molecule has 2 heterocycles. The molecular weight excluding hydrogens is 442 g/mol. The highest BCUT2D eigenvalue weighted by Gasteiger charge is 2.50. The van der Waals surface area contributed by atoms with E-state index < -0.39 is 5.54 Å². The number of aryl methyl sites for hydroxylation is 2. The van der Waals surface area contributed by atoms with Gasteiger partial charge in [-0.25, -0.2) is 4.98 Å². The van der Waals surface area contributed by atoms with Crippen molar-refractivity contribution in [2.24, 2.45) is 0 Å². The Morgan fingerprint density at radius 3 is 2.89 bits per heavy atom. The lowest BCUT2D eigenvalue weighted by molar-refractivity contribution is -0.133. The molecule has 8 heteroatoms. The molecule has 0 saturated carbocycles. The Balaban J connectivity index is 1.80. The minimum atomic E-state index is -1.16. The second-order valence-electron chi connectivity index (χ2n) is 8.59. The Morgan fingerprint density at radius 1 is 1.29 bits per heavy atom. The number of carbonyl (C=O) groups is 2. The van der Waals surface area contributed by atoms with Crippen LogP contribution in [0, 0.1) is 0 Å². The average molecular weight is 474 g/mol. The molecule has 1 N–H and O–H groups in total. The van der Waals surface area contributed by atoms with Crippen molar-refractivity contribution in [2.45, 2.75) is 37.8 Å². The van der Waals surface area contributed by atoms with Crippen LogP contribution in [-0.2, 0) is 23.3 Å². The van der Waals surface area contributed by atoms with Gasteiger partial charge in [-0.15, -0.1) is 6.58 Å². The smallest absolute Gasteiger partial charge is 0.256 e. The third kappa shape index (κ3) is 4.96. The normalized spacial score (nSPS) is 16.7. The molecule has 8 nitrogen and oxygen atoms in total. The van der Waals surface area contributed by atoms with Crippen LogP contribution in [0.1, 0.15) is 40.7 Å². The van der Waals surface area contributed by atoms with Gasteiger partial charge in [0, 0.05) is 44.4 Å². The Bertz CT molecular complexity index is 1160. The second kappa shape index (κ2) is 11.0. The Labute approximate surface area is 205 Å². The van der Waals surface area contributed by atoms with Gasteiger partial charge in [0.1, 0.15) is 11.3 Å². The van der Waals surface area contributed by atoms with E-state index in [4.69, 9.17) is 4.74 Å². The predicted octanol–water partition coefficient (Wildman–Crippen LogP) is 3.35. The van der Waals surface area contributed by atoms with E-state index in [0.29, 0.717) is 38.0 Å². The first-order valence-corrected chi connectivity index (χ1v) is 11.8. The molecule has 0 saturated heterocycles. The van der Waals surface area contributed by atoms with Crippen molar-refractivity contribution in [3.8, 4) is 5.75 Å². The van der Waals surface area contributed by atoms with Crippen molar-refractivity contribution in [3.63, 3.8) is 0 Å². The van der Waals surface area contributed by atoms with E-state index in [1.807, 2.05) is 29.0 Å². The fourth-order valence-corrected chi connectivity index (χ4v) is 4.87. The molecule has 1 unspecified atom stereocenters. The number of methoxy groups -OCH3 is 1. The van der Waals surface area contributed by atoms with E-state index >= 15 is 0 Å². The highest BCUT2D eigenvalue weighted by Crippen LogP contribution is 2.42. The molecule has 0 radical (unpaired) electrons. The van der Waals surface area contributed by atoms with Crippen molar-refractivity contribution in [2.75, 3.05) is 20.2 Å². The Kier molecular flexibility index (Phi) is 7.60. The first-order valence-electron chi connectivity index (χ1n) is 11.8. The van der Waals surface area contributed by atoms with Crippen LogP contribution in [0.5, 0.6) is 5.75 Å². The Morgan fingerprint density at radius 2 is 2.17 bits per heavy atom. The summed E-state index contributed by atoms with van der Waals surface area (Å²) < 4.78 is 7.42. The number of nitrogens with zero attached hydrogens (tertiary/aromatic N) is 4. The maximum Gasteiger partial charge on any atom is 0.256 e. The molecular formula is C27H31N5O3. The molecule has 4 rings (SSSR count). The fourth-order valence-electron chi connectivity index (χ4n) is 4.87. The zero-order valence-electron chi connectivity index (χ0n) is 20.0. The number of ether oxygens (including phenoxy) is 1. The number of pyridine rings is 1. The predicted molar refractivity (Wildman–Crippen MR) is 133 cm³/mol. The molecule has 0 spiro atoms. The van der Waals surface area contributed by atoms with Gasteiger partial charge >= 0.3 is 0 Å². The number of amides is 2. The molecule has 0 bridgehead atoms. The lowest BCUT2D eigenvalue weighted by Gasteiger charge is -2.46. The van der Waals surface area contributed by atoms with Gasteiger partial charge in [-0.1, -0.05) is 12.1 Å². The van der Waals surface area contributed by atoms with Crippen molar-refractivity contribution >= 4 is 11.8 Å². The summed E-state index contributed by atoms with van der Waals surface area (Å²) in [7, 11) is 1.63. The van der Waals surface area contributed by atoms with E-state index in [9.17, 15) is 9.59 Å². The molecule has 0 fully saturated rings. The van der Waals surface area contributed by atoms with Crippen molar-refractivity contribution in [1.29, 1.82) is 0 Å². The fraction of sp³-hybridized carbons (Fsp3) is 0.333. The van der Waals surface area contributed by atoms with Crippen LogP contribution in [-0.4, -0.2) is 51.4 Å². The van der Waals surface area contributed by atoms with Crippen LogP contribution in [0.3, 0.4) is 0 Å². The molecule has 0 aliphatic heterocycles. The summed E-state index contributed by atoms with van der Waals surface area (Å²) in [6, 6.07) is 9.24. The highest BCUT2D eigenvalue weighted by atomic mass is 16.5. The maximum absolute atomic E-state index is 14.0. The Hall–Kier alpha value is -3.94. The standard InChI is InChI=1S/C27H31N5O3/c1-3-12-30-26(34)27(11-4-7-21-18-23(35-2)9-10-24(21)27)32(16-6-15-31-17-14-29-20-31)25(33)22-8-5-13-28-19-22/h3,5,8-10,13-14,17-20H,1,4,6-7,11-12,15-16H2,2H3,(H,30,34). The van der Waals surface area contributed by atoms with Gasteiger partial charge in [0.15, 0.2) is 0 Å². The number of hydrogen-bond donors (Lipinski definition) is 1. The van der Waals surface area contributed by atoms with E-state index in [2.05, 4.69) is 21.9 Å². The zero-order chi connectivity index (χ0) is 24.7. The van der Waals surface area contributed by atoms with Gasteiger partial charge in [0.25, 0.3) is 11.8 Å². The molecule has 2 aromatic heterocycles. The number of nitrogens with one attached hydrogen (secondary N) is 1. The topological polar surface area (TPSA) is 89.4 Å². The molecule has 1 aliphatic carbocycles. The number of rotatable bonds is 10. The first kappa shape index (κ1) is 24.2. The van der Waals surface area contributed by atoms with Crippen LogP contribution in [0.2, 0.25) is 0 Å². The van der Waals surface area contributed by atoms with Gasteiger partial charge in [0.05, 0.1) is 19.0 Å². The number of fused-ring (bicyclic) bond motifs is 1. The summed E-state index contributed by atoms with van der Waals surface area (Å²) in [6.07, 6.45) is 13.0. The third-order valence-electron chi connectivity index (χ3n) is 6.50. The highest BCUT2D eigenvalue weighted by molar-refractivity contribution is 6.00. The van der Waals surface area contributed by atoms with Crippen molar-refractivity contribution in [1.82, 2.24) is 24.8 Å². The van der Waals surface area contributed by atoms with Crippen LogP contribution in [0.25, 0.3) is 0 Å². The largest absolute Gasteiger partial charge is 0.497 e. The minimum Gasteiger partial charge on any atom is -0.497 e. The number of benzene rings is 1. The van der Waals surface area contributed by atoms with Gasteiger partial charge in [-0.3, -0.25) is 14.6 Å². The van der Waals surface area contributed by atoms with Crippen LogP contribution in [0.4, 0.5) is 0 Å². The molecule has 1 aliphatic rings. The summed E-state index contributed by atoms with van der Waals surface area (Å²) >= 11 is 0. The third-order valence-corrected chi connectivity index (χ3v) is 6.50. The van der Waals surface area contributed by atoms with Gasteiger partial charge in [-0.2, -0.15) is 0 Å². The molecule has 35 heavy (non-hydrogen) atoms. The van der Waals surface area contributed by atoms with Gasteiger partial charge in [0.2, 0.25) is 0 Å². The SMILES string of the molecule is C=CCNC(=O)C1(N(CCCn2ccnc2)C(=O)c2cccnc2)CCCc2cc(OC)ccc21. The summed E-state index contributed by atoms with van der Waals surface area (Å²) in [5.41, 5.74) is 1.14. The van der Waals surface area contributed by atoms with Crippen LogP contribution < -0.4 is 10.1 Å². The second-order valence-corrected chi connectivity index (χ2v) is 8.59. The summed E-state index contributed by atoms with van der Waals surface area (Å²) in [4.78, 5) is 37.9. The average Bonchev–Trinajstić information content (AvgIpc) is 3.43. The van der Waals surface area contributed by atoms with Crippen molar-refractivity contribution < 1.29 is 14.3 Å². The quantitative estimate of drug-likeness (QED) is 0.456. The van der Waals surface area contributed by atoms with E-state index in [0.717, 1.165) is 29.7 Å². The lowest BCUT2D eigenvalue weighted by atomic mass is 9.74. The molecule has 1 aromatic carbocycles. The summed E-state index contributed by atoms with van der Waals surface area (Å²) in [5, 5.41) is 2.99. The zero-order valence-corrected chi connectivity index (χ0v) is 20.0. The van der Waals surface area contributed by atoms with E-state index in [-0.39, 0.29) is 11.8 Å². The molecule has 3 aromatic rings. The summed E-state index contributed by atoms with van der Waals surface area (Å²) in [6.45, 7) is 5.12. The molecule has 2 amide bonds. The monoisotopic (exact) mass is 473 g/mol. The van der Waals surface area contributed by atoms with Gasteiger partial charge < -0.3 is 19.5 Å². The first-order chi connectivity index (χ1) is 17.1.